The molecule has 2 fully saturated rings. The molecular formula is C20H25N5O. The van der Waals surface area contributed by atoms with E-state index >= 15 is 0 Å². The third-order valence-corrected chi connectivity index (χ3v) is 5.18. The summed E-state index contributed by atoms with van der Waals surface area (Å²) in [6.07, 6.45) is 4.35. The average molecular weight is 351 g/mol. The van der Waals surface area contributed by atoms with Gasteiger partial charge in [-0.2, -0.15) is 0 Å². The van der Waals surface area contributed by atoms with Crippen LogP contribution in [0.15, 0.2) is 48.7 Å². The number of nitrogens with zero attached hydrogens (tertiary/aromatic N) is 2. The van der Waals surface area contributed by atoms with Crippen molar-refractivity contribution in [1.29, 1.82) is 0 Å². The van der Waals surface area contributed by atoms with Gasteiger partial charge in [-0.25, -0.2) is 10.4 Å². The number of carbonyl (C=O) groups is 1. The van der Waals surface area contributed by atoms with Gasteiger partial charge >= 0.3 is 0 Å². The standard InChI is InChI=1S/C20H25N5O/c26-20(17-14-23-24-19(17)16-6-2-1-3-7-16)22-13-15-8-9-18(21-12-15)25-10-4-5-11-25/h1-3,6-9,12,17,19,23-24H,4-5,10-11,13-14H2,(H,22,26). The quantitative estimate of drug-likeness (QED) is 0.766. The van der Waals surface area contributed by atoms with Gasteiger partial charge in [-0.3, -0.25) is 10.2 Å². The van der Waals surface area contributed by atoms with Crippen LogP contribution in [0.2, 0.25) is 0 Å². The number of carbonyl (C=O) groups excluding carboxylic acids is 1. The Labute approximate surface area is 154 Å². The zero-order valence-corrected chi connectivity index (χ0v) is 14.8. The van der Waals surface area contributed by atoms with Gasteiger partial charge in [0.25, 0.3) is 0 Å². The number of pyridine rings is 1. The molecule has 1 amide bonds. The Balaban J connectivity index is 1.34. The van der Waals surface area contributed by atoms with Crippen LogP contribution >= 0.6 is 0 Å². The molecule has 1 aromatic heterocycles. The zero-order chi connectivity index (χ0) is 17.8. The van der Waals surface area contributed by atoms with E-state index < -0.39 is 0 Å². The van der Waals surface area contributed by atoms with Crippen molar-refractivity contribution < 1.29 is 4.79 Å². The van der Waals surface area contributed by atoms with Crippen molar-refractivity contribution in [1.82, 2.24) is 21.2 Å². The molecule has 0 saturated carbocycles. The van der Waals surface area contributed by atoms with E-state index in [0.29, 0.717) is 13.1 Å². The first-order valence-corrected chi connectivity index (χ1v) is 9.32. The lowest BCUT2D eigenvalue weighted by atomic mass is 9.94. The van der Waals surface area contributed by atoms with E-state index in [9.17, 15) is 4.79 Å². The molecule has 6 heteroatoms. The van der Waals surface area contributed by atoms with Gasteiger partial charge < -0.3 is 10.2 Å². The normalized spacial score (nSPS) is 22.5. The summed E-state index contributed by atoms with van der Waals surface area (Å²) in [5.41, 5.74) is 8.47. The van der Waals surface area contributed by atoms with Crippen LogP contribution in [0.3, 0.4) is 0 Å². The fourth-order valence-electron chi connectivity index (χ4n) is 3.69. The van der Waals surface area contributed by atoms with Gasteiger partial charge in [0, 0.05) is 32.4 Å². The Morgan fingerprint density at radius 2 is 1.96 bits per heavy atom. The monoisotopic (exact) mass is 351 g/mol. The first-order chi connectivity index (χ1) is 12.8. The van der Waals surface area contributed by atoms with Crippen LogP contribution in [0.4, 0.5) is 5.82 Å². The molecule has 2 saturated heterocycles. The third-order valence-electron chi connectivity index (χ3n) is 5.18. The zero-order valence-electron chi connectivity index (χ0n) is 14.8. The lowest BCUT2D eigenvalue weighted by molar-refractivity contribution is -0.125. The number of amides is 1. The SMILES string of the molecule is O=C(NCc1ccc(N2CCCC2)nc1)C1CNNC1c1ccccc1. The molecule has 2 unspecified atom stereocenters. The average Bonchev–Trinajstić information content (AvgIpc) is 3.39. The van der Waals surface area contributed by atoms with Crippen LogP contribution in [0.25, 0.3) is 0 Å². The van der Waals surface area contributed by atoms with Crippen molar-refractivity contribution in [2.75, 3.05) is 24.5 Å². The molecule has 0 radical (unpaired) electrons. The summed E-state index contributed by atoms with van der Waals surface area (Å²) in [4.78, 5) is 19.5. The molecule has 2 atom stereocenters. The molecule has 4 rings (SSSR count). The minimum atomic E-state index is -0.130. The van der Waals surface area contributed by atoms with Crippen molar-refractivity contribution in [2.24, 2.45) is 5.92 Å². The van der Waals surface area contributed by atoms with E-state index in [1.54, 1.807) is 0 Å². The van der Waals surface area contributed by atoms with E-state index in [2.05, 4.69) is 38.2 Å². The molecule has 136 valence electrons. The summed E-state index contributed by atoms with van der Waals surface area (Å²) in [5.74, 6) is 0.958. The highest BCUT2D eigenvalue weighted by Gasteiger charge is 2.33. The molecular weight excluding hydrogens is 326 g/mol. The molecule has 0 spiro atoms. The van der Waals surface area contributed by atoms with Crippen molar-refractivity contribution in [3.05, 3.63) is 59.8 Å². The highest BCUT2D eigenvalue weighted by molar-refractivity contribution is 5.80. The molecule has 1 aromatic carbocycles. The van der Waals surface area contributed by atoms with Crippen LogP contribution in [-0.2, 0) is 11.3 Å². The van der Waals surface area contributed by atoms with Crippen LogP contribution < -0.4 is 21.1 Å². The summed E-state index contributed by atoms with van der Waals surface area (Å²) < 4.78 is 0. The number of nitrogens with one attached hydrogen (secondary N) is 3. The van der Waals surface area contributed by atoms with Crippen molar-refractivity contribution in [3.8, 4) is 0 Å². The number of benzene rings is 1. The van der Waals surface area contributed by atoms with Gasteiger partial charge in [0.05, 0.1) is 12.0 Å². The molecule has 6 nitrogen and oxygen atoms in total. The number of hydrogen-bond donors (Lipinski definition) is 3. The second kappa shape index (κ2) is 7.85. The Bertz CT molecular complexity index is 728. The Morgan fingerprint density at radius 1 is 1.15 bits per heavy atom. The minimum Gasteiger partial charge on any atom is -0.357 e. The van der Waals surface area contributed by atoms with Crippen LogP contribution in [-0.4, -0.2) is 30.5 Å². The Kier molecular flexibility index (Phi) is 5.13. The topological polar surface area (TPSA) is 69.3 Å². The smallest absolute Gasteiger partial charge is 0.226 e. The molecule has 0 aliphatic carbocycles. The Morgan fingerprint density at radius 3 is 2.69 bits per heavy atom. The summed E-state index contributed by atoms with van der Waals surface area (Å²) in [7, 11) is 0. The number of hydrazine groups is 1. The molecule has 2 aromatic rings. The van der Waals surface area contributed by atoms with Gasteiger partial charge in [0.15, 0.2) is 0 Å². The Hall–Kier alpha value is -2.44. The van der Waals surface area contributed by atoms with E-state index in [1.165, 1.54) is 12.8 Å². The molecule has 0 bridgehead atoms. The molecule has 3 N–H and O–H groups in total. The van der Waals surface area contributed by atoms with Gasteiger partial charge in [-0.1, -0.05) is 36.4 Å². The summed E-state index contributed by atoms with van der Waals surface area (Å²) >= 11 is 0. The molecule has 26 heavy (non-hydrogen) atoms. The number of anilines is 1. The van der Waals surface area contributed by atoms with E-state index in [0.717, 1.165) is 30.0 Å². The minimum absolute atomic E-state index is 0.00753. The van der Waals surface area contributed by atoms with Gasteiger partial charge in [-0.05, 0) is 30.0 Å². The lowest BCUT2D eigenvalue weighted by Gasteiger charge is -2.19. The summed E-state index contributed by atoms with van der Waals surface area (Å²) in [5, 5.41) is 3.06. The van der Waals surface area contributed by atoms with E-state index in [1.807, 2.05) is 36.5 Å². The summed E-state index contributed by atoms with van der Waals surface area (Å²) in [6, 6.07) is 14.2. The number of rotatable bonds is 5. The van der Waals surface area contributed by atoms with Crippen LogP contribution in [0, 0.1) is 5.92 Å². The van der Waals surface area contributed by atoms with Crippen molar-refractivity contribution in [2.45, 2.75) is 25.4 Å². The maximum atomic E-state index is 12.7. The molecule has 2 aliphatic rings. The third kappa shape index (κ3) is 3.71. The van der Waals surface area contributed by atoms with Crippen molar-refractivity contribution >= 4 is 11.7 Å². The molecule has 2 aliphatic heterocycles. The fraction of sp³-hybridized carbons (Fsp3) is 0.400. The van der Waals surface area contributed by atoms with Gasteiger partial charge in [0.1, 0.15) is 5.82 Å². The predicted molar refractivity (Wildman–Crippen MR) is 101 cm³/mol. The number of hydrogen-bond acceptors (Lipinski definition) is 5. The first-order valence-electron chi connectivity index (χ1n) is 9.32. The highest BCUT2D eigenvalue weighted by Crippen LogP contribution is 2.25. The van der Waals surface area contributed by atoms with E-state index in [-0.39, 0.29) is 17.9 Å². The summed E-state index contributed by atoms with van der Waals surface area (Å²) in [6.45, 7) is 3.30. The highest BCUT2D eigenvalue weighted by atomic mass is 16.2. The first kappa shape index (κ1) is 17.0. The van der Waals surface area contributed by atoms with Crippen molar-refractivity contribution in [3.63, 3.8) is 0 Å². The fourth-order valence-corrected chi connectivity index (χ4v) is 3.69. The maximum Gasteiger partial charge on any atom is 0.226 e. The lowest BCUT2D eigenvalue weighted by Crippen LogP contribution is -2.34. The second-order valence-electron chi connectivity index (χ2n) is 6.96. The van der Waals surface area contributed by atoms with Gasteiger partial charge in [-0.15, -0.1) is 0 Å². The largest absolute Gasteiger partial charge is 0.357 e. The second-order valence-corrected chi connectivity index (χ2v) is 6.96. The molecule has 3 heterocycles. The predicted octanol–water partition coefficient (Wildman–Crippen LogP) is 1.76. The number of aromatic nitrogens is 1. The van der Waals surface area contributed by atoms with Gasteiger partial charge in [0.2, 0.25) is 5.91 Å². The maximum absolute atomic E-state index is 12.7. The van der Waals surface area contributed by atoms with Crippen LogP contribution in [0.1, 0.15) is 30.0 Å². The van der Waals surface area contributed by atoms with E-state index in [4.69, 9.17) is 0 Å². The van der Waals surface area contributed by atoms with Crippen LogP contribution in [0.5, 0.6) is 0 Å².